The monoisotopic (exact) mass is 538 g/mol. The number of Topliss-reactive ketones (excluding diaryl/α,β-unsaturated/α-hetero) is 1. The molecule has 2 aliphatic heterocycles. The molecule has 0 aromatic heterocycles. The molecule has 2 fully saturated rings. The Balaban J connectivity index is 1.66. The van der Waals surface area contributed by atoms with Gasteiger partial charge in [0.25, 0.3) is 0 Å². The van der Waals surface area contributed by atoms with Crippen LogP contribution in [0.25, 0.3) is 0 Å². The molecule has 1 saturated carbocycles. The molecule has 11 heteroatoms. The number of fused-ring (bicyclic) bond motifs is 1. The highest BCUT2D eigenvalue weighted by atomic mass is 16.8. The first kappa shape index (κ1) is 30.3. The molecule has 3 rings (SSSR count). The number of carbonyl (C=O) groups is 3. The number of hydrogen-bond acceptors (Lipinski definition) is 11. The molecule has 3 aliphatic rings. The lowest BCUT2D eigenvalue weighted by Crippen LogP contribution is -2.60. The number of ketones is 1. The number of allylic oxidation sites excluding steroid dienone is 3. The van der Waals surface area contributed by atoms with E-state index in [0.29, 0.717) is 36.7 Å². The average Bonchev–Trinajstić information content (AvgIpc) is 3.24. The van der Waals surface area contributed by atoms with Crippen molar-refractivity contribution in [2.24, 2.45) is 17.8 Å². The number of carbonyl (C=O) groups excluding carboxylic acids is 3. The van der Waals surface area contributed by atoms with Crippen LogP contribution in [0, 0.1) is 17.8 Å². The summed E-state index contributed by atoms with van der Waals surface area (Å²) in [5.41, 5.74) is 1.83. The molecule has 1 saturated heterocycles. The van der Waals surface area contributed by atoms with E-state index in [1.807, 2.05) is 19.9 Å². The van der Waals surface area contributed by atoms with Crippen molar-refractivity contribution >= 4 is 18.4 Å². The van der Waals surface area contributed by atoms with Crippen LogP contribution in [0.15, 0.2) is 35.1 Å². The van der Waals surface area contributed by atoms with E-state index in [4.69, 9.17) is 18.9 Å². The predicted molar refractivity (Wildman–Crippen MR) is 132 cm³/mol. The van der Waals surface area contributed by atoms with Crippen LogP contribution in [0.4, 0.5) is 0 Å². The van der Waals surface area contributed by atoms with Gasteiger partial charge in [-0.2, -0.15) is 0 Å². The fourth-order valence-corrected chi connectivity index (χ4v) is 5.30. The number of aldehydes is 2. The summed E-state index contributed by atoms with van der Waals surface area (Å²) < 4.78 is 23.0. The van der Waals surface area contributed by atoms with Gasteiger partial charge < -0.3 is 39.4 Å². The van der Waals surface area contributed by atoms with Crippen LogP contribution in [0.3, 0.4) is 0 Å². The van der Waals surface area contributed by atoms with E-state index in [1.165, 1.54) is 12.3 Å². The molecule has 10 atom stereocenters. The molecule has 0 aromatic carbocycles. The number of aliphatic hydroxyl groups excluding tert-OH is 4. The first-order valence-corrected chi connectivity index (χ1v) is 12.8. The third-order valence-corrected chi connectivity index (χ3v) is 7.58. The van der Waals surface area contributed by atoms with Crippen LogP contribution in [0.2, 0.25) is 0 Å². The lowest BCUT2D eigenvalue weighted by Gasteiger charge is -2.43. The van der Waals surface area contributed by atoms with Crippen molar-refractivity contribution in [2.75, 3.05) is 13.2 Å². The fourth-order valence-electron chi connectivity index (χ4n) is 5.30. The highest BCUT2D eigenvalue weighted by Crippen LogP contribution is 2.48. The number of aliphatic hydroxyl groups is 4. The molecule has 0 aromatic rings. The molecular weight excluding hydrogens is 500 g/mol. The summed E-state index contributed by atoms with van der Waals surface area (Å²) in [5.74, 6) is -1.09. The second kappa shape index (κ2) is 13.7. The molecule has 0 amide bonds. The minimum atomic E-state index is -1.60. The molecule has 2 heterocycles. The molecule has 1 aliphatic carbocycles. The zero-order chi connectivity index (χ0) is 28.0. The van der Waals surface area contributed by atoms with Gasteiger partial charge in [-0.05, 0) is 50.7 Å². The van der Waals surface area contributed by atoms with Gasteiger partial charge in [-0.3, -0.25) is 14.4 Å². The van der Waals surface area contributed by atoms with Gasteiger partial charge in [-0.25, -0.2) is 0 Å². The van der Waals surface area contributed by atoms with E-state index in [1.54, 1.807) is 6.92 Å². The van der Waals surface area contributed by atoms with Crippen molar-refractivity contribution < 1.29 is 53.8 Å². The third kappa shape index (κ3) is 6.84. The lowest BCUT2D eigenvalue weighted by molar-refractivity contribution is -0.342. The largest absolute Gasteiger partial charge is 0.472 e. The van der Waals surface area contributed by atoms with E-state index in [2.05, 4.69) is 0 Å². The molecule has 0 spiro atoms. The normalized spacial score (nSPS) is 37.7. The Morgan fingerprint density at radius 3 is 2.53 bits per heavy atom. The Morgan fingerprint density at radius 1 is 1.13 bits per heavy atom. The maximum Gasteiger partial charge on any atom is 0.205 e. The Bertz CT molecular complexity index is 939. The Labute approximate surface area is 221 Å². The lowest BCUT2D eigenvalue weighted by atomic mass is 9.83. The number of ether oxygens (including phenoxy) is 4. The molecule has 11 nitrogen and oxygen atoms in total. The third-order valence-electron chi connectivity index (χ3n) is 7.58. The molecule has 38 heavy (non-hydrogen) atoms. The van der Waals surface area contributed by atoms with Gasteiger partial charge in [0.2, 0.25) is 6.29 Å². The van der Waals surface area contributed by atoms with Crippen LogP contribution < -0.4 is 0 Å². The maximum absolute atomic E-state index is 12.7. The van der Waals surface area contributed by atoms with Crippen LogP contribution in [0.5, 0.6) is 0 Å². The smallest absolute Gasteiger partial charge is 0.205 e. The fraction of sp³-hybridized carbons (Fsp3) is 0.667. The number of hydrogen-bond donors (Lipinski definition) is 4. The topological polar surface area (TPSA) is 169 Å². The summed E-state index contributed by atoms with van der Waals surface area (Å²) >= 11 is 0. The van der Waals surface area contributed by atoms with Gasteiger partial charge in [0.15, 0.2) is 12.1 Å². The van der Waals surface area contributed by atoms with Crippen molar-refractivity contribution in [1.82, 2.24) is 0 Å². The first-order valence-electron chi connectivity index (χ1n) is 12.8. The van der Waals surface area contributed by atoms with E-state index in [-0.39, 0.29) is 18.3 Å². The van der Waals surface area contributed by atoms with Crippen LogP contribution >= 0.6 is 0 Å². The molecule has 4 N–H and O–H groups in total. The molecule has 212 valence electrons. The van der Waals surface area contributed by atoms with Crippen molar-refractivity contribution in [3.8, 4) is 0 Å². The van der Waals surface area contributed by atoms with Crippen LogP contribution in [-0.4, -0.2) is 95.1 Å². The van der Waals surface area contributed by atoms with Gasteiger partial charge in [0.1, 0.15) is 43.6 Å². The van der Waals surface area contributed by atoms with Gasteiger partial charge in [0, 0.05) is 17.4 Å². The highest BCUT2D eigenvalue weighted by molar-refractivity contribution is 5.95. The molecule has 0 bridgehead atoms. The predicted octanol–water partition coefficient (Wildman–Crippen LogP) is 0.340. The van der Waals surface area contributed by atoms with Crippen molar-refractivity contribution in [2.45, 2.75) is 83.1 Å². The standard InChI is InChI=1S/C27H38O11/c1-14(7-8-28)5-4-6-15(2)18(31)13-35-19-9-16(3)21-22(19)17(10-29)12-36-26(21)38-27-25(34)24(33)23(32)20(11-30)37-27/h6-8,10,12,16,19-27,30,32-34H,4-5,9,11,13H2,1-3H3. The zero-order valence-corrected chi connectivity index (χ0v) is 21.8. The zero-order valence-electron chi connectivity index (χ0n) is 21.8. The second-order valence-corrected chi connectivity index (χ2v) is 10.2. The molecule has 0 radical (unpaired) electrons. The number of rotatable bonds is 12. The van der Waals surface area contributed by atoms with Crippen molar-refractivity contribution in [3.63, 3.8) is 0 Å². The van der Waals surface area contributed by atoms with Crippen molar-refractivity contribution in [1.29, 1.82) is 0 Å². The quantitative estimate of drug-likeness (QED) is 0.200. The van der Waals surface area contributed by atoms with Crippen LogP contribution in [-0.2, 0) is 33.3 Å². The maximum atomic E-state index is 12.7. The summed E-state index contributed by atoms with van der Waals surface area (Å²) in [5, 5.41) is 39.9. The molecular formula is C27H38O11. The molecule has 10 unspecified atom stereocenters. The average molecular weight is 539 g/mol. The van der Waals surface area contributed by atoms with Gasteiger partial charge in [-0.1, -0.05) is 18.6 Å². The van der Waals surface area contributed by atoms with E-state index in [9.17, 15) is 34.8 Å². The minimum Gasteiger partial charge on any atom is -0.472 e. The summed E-state index contributed by atoms with van der Waals surface area (Å²) in [6.07, 6.45) is -0.919. The summed E-state index contributed by atoms with van der Waals surface area (Å²) in [4.78, 5) is 35.0. The Morgan fingerprint density at radius 2 is 1.87 bits per heavy atom. The summed E-state index contributed by atoms with van der Waals surface area (Å²) in [6, 6.07) is 0. The van der Waals surface area contributed by atoms with Crippen LogP contribution in [0.1, 0.15) is 40.0 Å². The summed E-state index contributed by atoms with van der Waals surface area (Å²) in [6.45, 7) is 4.73. The minimum absolute atomic E-state index is 0.0668. The highest BCUT2D eigenvalue weighted by Gasteiger charge is 2.53. The van der Waals surface area contributed by atoms with Gasteiger partial charge in [0.05, 0.1) is 19.0 Å². The van der Waals surface area contributed by atoms with Gasteiger partial charge >= 0.3 is 0 Å². The van der Waals surface area contributed by atoms with E-state index < -0.39 is 61.5 Å². The first-order chi connectivity index (χ1) is 18.1. The van der Waals surface area contributed by atoms with Crippen molar-refractivity contribution in [3.05, 3.63) is 35.1 Å². The van der Waals surface area contributed by atoms with Gasteiger partial charge in [-0.15, -0.1) is 0 Å². The SMILES string of the molecule is CC(=CC=O)CCC=C(C)C(=O)COC1CC(C)C2C(OC3OC(CO)C(O)C(O)C3O)OC=C(C=O)C12. The second-order valence-electron chi connectivity index (χ2n) is 10.2. The van der Waals surface area contributed by atoms with E-state index >= 15 is 0 Å². The van der Waals surface area contributed by atoms with E-state index in [0.717, 1.165) is 11.9 Å². The Hall–Kier alpha value is -2.25. The Kier molecular flexibility index (Phi) is 10.9. The summed E-state index contributed by atoms with van der Waals surface area (Å²) in [7, 11) is 0.